The first kappa shape index (κ1) is 18.0. The lowest BCUT2D eigenvalue weighted by Crippen LogP contribution is -2.21. The Labute approximate surface area is 140 Å². The maximum Gasteiger partial charge on any atom is 0.422 e. The van der Waals surface area contributed by atoms with Crippen LogP contribution in [0.25, 0.3) is 0 Å². The third kappa shape index (κ3) is 5.38. The van der Waals surface area contributed by atoms with Crippen LogP contribution in [0.15, 0.2) is 36.4 Å². The molecule has 24 heavy (non-hydrogen) atoms. The van der Waals surface area contributed by atoms with Crippen LogP contribution >= 0.6 is 11.3 Å². The topological polar surface area (TPSA) is 55.4 Å². The average Bonchev–Trinajstić information content (AvgIpc) is 3.01. The molecule has 1 heterocycles. The van der Waals surface area contributed by atoms with E-state index in [2.05, 4.69) is 10.1 Å². The zero-order chi connectivity index (χ0) is 17.7. The summed E-state index contributed by atoms with van der Waals surface area (Å²) in [7, 11) is 0. The SMILES string of the molecule is CC(=O)c1ccc(C(=O)NCc2ccc(OCC(F)(F)F)cc2)s1. The molecule has 0 saturated carbocycles. The minimum atomic E-state index is -4.38. The number of alkyl halides is 3. The van der Waals surface area contributed by atoms with Crippen LogP contribution in [-0.2, 0) is 6.54 Å². The summed E-state index contributed by atoms with van der Waals surface area (Å²) in [6, 6.07) is 9.13. The molecule has 0 atom stereocenters. The second-order valence-electron chi connectivity index (χ2n) is 4.95. The molecule has 4 nitrogen and oxygen atoms in total. The molecule has 1 N–H and O–H groups in total. The van der Waals surface area contributed by atoms with Crippen molar-refractivity contribution in [2.24, 2.45) is 0 Å². The summed E-state index contributed by atoms with van der Waals surface area (Å²) in [4.78, 5) is 24.1. The Bertz CT molecular complexity index is 723. The Morgan fingerprint density at radius 3 is 2.25 bits per heavy atom. The molecule has 1 aromatic heterocycles. The zero-order valence-electron chi connectivity index (χ0n) is 12.6. The summed E-state index contributed by atoms with van der Waals surface area (Å²) in [5.41, 5.74) is 0.714. The summed E-state index contributed by atoms with van der Waals surface area (Å²) in [6.45, 7) is 0.293. The molecule has 0 saturated heterocycles. The van der Waals surface area contributed by atoms with E-state index >= 15 is 0 Å². The van der Waals surface area contributed by atoms with Gasteiger partial charge in [-0.25, -0.2) is 0 Å². The first-order chi connectivity index (χ1) is 11.2. The lowest BCUT2D eigenvalue weighted by Gasteiger charge is -2.09. The molecule has 0 aliphatic rings. The van der Waals surface area contributed by atoms with E-state index in [1.807, 2.05) is 0 Å². The van der Waals surface area contributed by atoms with Crippen LogP contribution in [0.2, 0.25) is 0 Å². The molecule has 1 amide bonds. The standard InChI is InChI=1S/C16H14F3NO3S/c1-10(21)13-6-7-14(24-13)15(22)20-8-11-2-4-12(5-3-11)23-9-16(17,18)19/h2-7H,8-9H2,1H3,(H,20,22). The van der Waals surface area contributed by atoms with Gasteiger partial charge in [-0.2, -0.15) is 13.2 Å². The molecule has 0 unspecified atom stereocenters. The highest BCUT2D eigenvalue weighted by Crippen LogP contribution is 2.19. The highest BCUT2D eigenvalue weighted by molar-refractivity contribution is 7.15. The van der Waals surface area contributed by atoms with Crippen molar-refractivity contribution in [3.63, 3.8) is 0 Å². The molecular formula is C16H14F3NO3S. The van der Waals surface area contributed by atoms with E-state index in [1.54, 1.807) is 24.3 Å². The zero-order valence-corrected chi connectivity index (χ0v) is 13.5. The van der Waals surface area contributed by atoms with Crippen molar-refractivity contribution in [1.82, 2.24) is 5.32 Å². The smallest absolute Gasteiger partial charge is 0.422 e. The quantitative estimate of drug-likeness (QED) is 0.800. The molecule has 0 aliphatic heterocycles. The molecule has 8 heteroatoms. The van der Waals surface area contributed by atoms with Gasteiger partial charge in [-0.05, 0) is 36.8 Å². The number of nitrogens with one attached hydrogen (secondary N) is 1. The molecule has 0 fully saturated rings. The Hall–Kier alpha value is -2.35. The second-order valence-corrected chi connectivity index (χ2v) is 6.03. The van der Waals surface area contributed by atoms with E-state index in [1.165, 1.54) is 19.1 Å². The van der Waals surface area contributed by atoms with Gasteiger partial charge >= 0.3 is 6.18 Å². The van der Waals surface area contributed by atoms with Gasteiger partial charge in [0.1, 0.15) is 5.75 Å². The molecule has 0 spiro atoms. The fourth-order valence-corrected chi connectivity index (χ4v) is 2.60. The number of ketones is 1. The lowest BCUT2D eigenvalue weighted by atomic mass is 10.2. The van der Waals surface area contributed by atoms with Crippen molar-refractivity contribution >= 4 is 23.0 Å². The Kier molecular flexibility index (Phi) is 5.61. The fourth-order valence-electron chi connectivity index (χ4n) is 1.79. The first-order valence-corrected chi connectivity index (χ1v) is 7.74. The van der Waals surface area contributed by atoms with Crippen molar-refractivity contribution in [3.05, 3.63) is 51.7 Å². The predicted molar refractivity (Wildman–Crippen MR) is 83.5 cm³/mol. The van der Waals surface area contributed by atoms with Gasteiger partial charge in [-0.15, -0.1) is 11.3 Å². The monoisotopic (exact) mass is 357 g/mol. The summed E-state index contributed by atoms with van der Waals surface area (Å²) in [6.07, 6.45) is -4.38. The van der Waals surface area contributed by atoms with Crippen molar-refractivity contribution in [2.45, 2.75) is 19.6 Å². The first-order valence-electron chi connectivity index (χ1n) is 6.92. The van der Waals surface area contributed by atoms with Gasteiger partial charge in [-0.1, -0.05) is 12.1 Å². The van der Waals surface area contributed by atoms with Crippen molar-refractivity contribution in [3.8, 4) is 5.75 Å². The number of rotatable bonds is 6. The van der Waals surface area contributed by atoms with Crippen LogP contribution in [-0.4, -0.2) is 24.5 Å². The number of carbonyl (C=O) groups excluding carboxylic acids is 2. The van der Waals surface area contributed by atoms with E-state index in [0.29, 0.717) is 15.3 Å². The van der Waals surface area contributed by atoms with Crippen LogP contribution in [0.3, 0.4) is 0 Å². The number of ether oxygens (including phenoxy) is 1. The minimum absolute atomic E-state index is 0.103. The maximum atomic E-state index is 12.1. The second kappa shape index (κ2) is 7.48. The number of halogens is 3. The third-order valence-electron chi connectivity index (χ3n) is 2.96. The van der Waals surface area contributed by atoms with E-state index in [0.717, 1.165) is 11.3 Å². The Morgan fingerprint density at radius 2 is 1.71 bits per heavy atom. The van der Waals surface area contributed by atoms with Gasteiger partial charge < -0.3 is 10.1 Å². The molecule has 0 aliphatic carbocycles. The van der Waals surface area contributed by atoms with E-state index in [9.17, 15) is 22.8 Å². The molecule has 1 aromatic carbocycles. The summed E-state index contributed by atoms with van der Waals surface area (Å²) < 4.78 is 40.8. The minimum Gasteiger partial charge on any atom is -0.484 e. The van der Waals surface area contributed by atoms with Crippen LogP contribution in [0.4, 0.5) is 13.2 Å². The number of hydrogen-bond acceptors (Lipinski definition) is 4. The third-order valence-corrected chi connectivity index (χ3v) is 4.14. The maximum absolute atomic E-state index is 12.1. The predicted octanol–water partition coefficient (Wildman–Crippen LogP) is 3.82. The van der Waals surface area contributed by atoms with Gasteiger partial charge in [0.25, 0.3) is 5.91 Å². The van der Waals surface area contributed by atoms with Crippen LogP contribution < -0.4 is 10.1 Å². The number of benzene rings is 1. The molecule has 2 rings (SSSR count). The van der Waals surface area contributed by atoms with Crippen LogP contribution in [0.5, 0.6) is 5.75 Å². The number of hydrogen-bond donors (Lipinski definition) is 1. The Balaban J connectivity index is 1.87. The number of thiophene rings is 1. The van der Waals surface area contributed by atoms with Gasteiger partial charge in [0.05, 0.1) is 9.75 Å². The summed E-state index contributed by atoms with van der Waals surface area (Å²) >= 11 is 1.11. The lowest BCUT2D eigenvalue weighted by molar-refractivity contribution is -0.153. The fraction of sp³-hybridized carbons (Fsp3) is 0.250. The highest BCUT2D eigenvalue weighted by Gasteiger charge is 2.28. The van der Waals surface area contributed by atoms with Crippen molar-refractivity contribution in [2.75, 3.05) is 6.61 Å². The number of carbonyl (C=O) groups is 2. The average molecular weight is 357 g/mol. The highest BCUT2D eigenvalue weighted by atomic mass is 32.1. The van der Waals surface area contributed by atoms with Crippen molar-refractivity contribution < 1.29 is 27.5 Å². The molecule has 0 bridgehead atoms. The number of Topliss-reactive ketones (excluding diaryl/α,β-unsaturated/α-hetero) is 1. The van der Waals surface area contributed by atoms with E-state index < -0.39 is 12.8 Å². The van der Waals surface area contributed by atoms with E-state index in [-0.39, 0.29) is 24.0 Å². The summed E-state index contributed by atoms with van der Waals surface area (Å²) in [5, 5.41) is 2.68. The van der Waals surface area contributed by atoms with Gasteiger partial charge in [-0.3, -0.25) is 9.59 Å². The Morgan fingerprint density at radius 1 is 1.08 bits per heavy atom. The van der Waals surface area contributed by atoms with Gasteiger partial charge in [0.15, 0.2) is 12.4 Å². The molecular weight excluding hydrogens is 343 g/mol. The van der Waals surface area contributed by atoms with Gasteiger partial charge in [0.2, 0.25) is 0 Å². The summed E-state index contributed by atoms with van der Waals surface area (Å²) in [5.74, 6) is -0.315. The molecule has 128 valence electrons. The largest absolute Gasteiger partial charge is 0.484 e. The van der Waals surface area contributed by atoms with Gasteiger partial charge in [0, 0.05) is 6.54 Å². The normalized spacial score (nSPS) is 11.2. The van der Waals surface area contributed by atoms with Crippen LogP contribution in [0, 0.1) is 0 Å². The molecule has 0 radical (unpaired) electrons. The van der Waals surface area contributed by atoms with Crippen LogP contribution in [0.1, 0.15) is 31.8 Å². The van der Waals surface area contributed by atoms with Crippen molar-refractivity contribution in [1.29, 1.82) is 0 Å². The van der Waals surface area contributed by atoms with E-state index in [4.69, 9.17) is 0 Å². The number of amides is 1. The molecule has 2 aromatic rings.